The predicted molar refractivity (Wildman–Crippen MR) is 72.2 cm³/mol. The minimum Gasteiger partial charge on any atom is -0.398 e. The highest BCUT2D eigenvalue weighted by Gasteiger charge is 2.29. The van der Waals surface area contributed by atoms with Gasteiger partial charge in [0, 0.05) is 18.1 Å². The first-order chi connectivity index (χ1) is 8.91. The van der Waals surface area contributed by atoms with Crippen molar-refractivity contribution in [2.24, 2.45) is 0 Å². The number of sulfonamides is 1. The molecule has 1 aliphatic rings. The standard InChI is InChI=1S/C11H14ClN3O3S/c12-8-2-3-9(13)10(6-8)19(17,18)15-5-1-4-14-11(16)7-15/h2-3,6H,1,4-5,7,13H2,(H,14,16). The maximum absolute atomic E-state index is 12.5. The molecule has 0 aromatic heterocycles. The van der Waals surface area contributed by atoms with Crippen LogP contribution >= 0.6 is 11.6 Å². The molecule has 0 saturated carbocycles. The number of carbonyl (C=O) groups is 1. The molecule has 2 rings (SSSR count). The van der Waals surface area contributed by atoms with Crippen molar-refractivity contribution >= 4 is 33.2 Å². The summed E-state index contributed by atoms with van der Waals surface area (Å²) < 4.78 is 26.1. The summed E-state index contributed by atoms with van der Waals surface area (Å²) in [6, 6.07) is 4.26. The highest BCUT2D eigenvalue weighted by atomic mass is 35.5. The van der Waals surface area contributed by atoms with E-state index in [1.165, 1.54) is 18.2 Å². The summed E-state index contributed by atoms with van der Waals surface area (Å²) in [6.45, 7) is 0.539. The van der Waals surface area contributed by atoms with Crippen LogP contribution in [0.4, 0.5) is 5.69 Å². The van der Waals surface area contributed by atoms with Crippen LogP contribution in [0, 0.1) is 0 Å². The predicted octanol–water partition coefficient (Wildman–Crippen LogP) is 0.433. The second kappa shape index (κ2) is 5.36. The lowest BCUT2D eigenvalue weighted by Gasteiger charge is -2.19. The molecule has 0 radical (unpaired) electrons. The number of hydrogen-bond acceptors (Lipinski definition) is 4. The van der Waals surface area contributed by atoms with E-state index in [0.29, 0.717) is 13.0 Å². The lowest BCUT2D eigenvalue weighted by atomic mass is 10.3. The third-order valence-corrected chi connectivity index (χ3v) is 4.96. The summed E-state index contributed by atoms with van der Waals surface area (Å²) in [5.74, 6) is -0.318. The number of hydrogen-bond donors (Lipinski definition) is 2. The van der Waals surface area contributed by atoms with Crippen LogP contribution in [0.25, 0.3) is 0 Å². The number of halogens is 1. The quantitative estimate of drug-likeness (QED) is 0.775. The smallest absolute Gasteiger partial charge is 0.245 e. The molecule has 0 unspecified atom stereocenters. The topological polar surface area (TPSA) is 92.5 Å². The van der Waals surface area contributed by atoms with E-state index >= 15 is 0 Å². The van der Waals surface area contributed by atoms with Crippen LogP contribution in [0.5, 0.6) is 0 Å². The van der Waals surface area contributed by atoms with Crippen molar-refractivity contribution in [2.75, 3.05) is 25.4 Å². The Morgan fingerprint density at radius 2 is 2.11 bits per heavy atom. The molecule has 0 bridgehead atoms. The third-order valence-electron chi connectivity index (χ3n) is 2.82. The number of carbonyl (C=O) groups excluding carboxylic acids is 1. The molecule has 0 spiro atoms. The third kappa shape index (κ3) is 2.99. The lowest BCUT2D eigenvalue weighted by molar-refractivity contribution is -0.120. The Labute approximate surface area is 116 Å². The van der Waals surface area contributed by atoms with Gasteiger partial charge < -0.3 is 11.1 Å². The number of rotatable bonds is 2. The first-order valence-corrected chi connectivity index (χ1v) is 7.55. The SMILES string of the molecule is Nc1ccc(Cl)cc1S(=O)(=O)N1CCCNC(=O)C1. The molecule has 6 nitrogen and oxygen atoms in total. The zero-order valence-electron chi connectivity index (χ0n) is 10.1. The summed E-state index contributed by atoms with van der Waals surface area (Å²) >= 11 is 5.80. The fourth-order valence-corrected chi connectivity index (χ4v) is 3.67. The fourth-order valence-electron chi connectivity index (χ4n) is 1.85. The highest BCUT2D eigenvalue weighted by molar-refractivity contribution is 7.89. The maximum atomic E-state index is 12.5. The highest BCUT2D eigenvalue weighted by Crippen LogP contribution is 2.26. The van der Waals surface area contributed by atoms with Gasteiger partial charge in [-0.25, -0.2) is 8.42 Å². The van der Waals surface area contributed by atoms with Crippen molar-refractivity contribution in [1.29, 1.82) is 0 Å². The van der Waals surface area contributed by atoms with Gasteiger partial charge in [0.25, 0.3) is 0 Å². The van der Waals surface area contributed by atoms with E-state index in [1.807, 2.05) is 0 Å². The number of anilines is 1. The number of nitrogens with one attached hydrogen (secondary N) is 1. The van der Waals surface area contributed by atoms with Gasteiger partial charge in [0.15, 0.2) is 0 Å². The second-order valence-electron chi connectivity index (χ2n) is 4.22. The van der Waals surface area contributed by atoms with Crippen molar-refractivity contribution in [3.63, 3.8) is 0 Å². The Morgan fingerprint density at radius 1 is 1.37 bits per heavy atom. The summed E-state index contributed by atoms with van der Waals surface area (Å²) in [7, 11) is -3.81. The summed E-state index contributed by atoms with van der Waals surface area (Å²) in [5, 5.41) is 2.91. The molecule has 1 saturated heterocycles. The Balaban J connectivity index is 2.40. The molecule has 3 N–H and O–H groups in total. The molecule has 19 heavy (non-hydrogen) atoms. The lowest BCUT2D eigenvalue weighted by Crippen LogP contribution is -2.37. The number of benzene rings is 1. The van der Waals surface area contributed by atoms with Crippen LogP contribution in [0.1, 0.15) is 6.42 Å². The molecule has 1 amide bonds. The van der Waals surface area contributed by atoms with Gasteiger partial charge in [-0.05, 0) is 24.6 Å². The summed E-state index contributed by atoms with van der Waals surface area (Å²) in [4.78, 5) is 11.4. The van der Waals surface area contributed by atoms with Crippen LogP contribution in [0.3, 0.4) is 0 Å². The summed E-state index contributed by atoms with van der Waals surface area (Å²) in [5.41, 5.74) is 5.81. The van der Waals surface area contributed by atoms with E-state index < -0.39 is 10.0 Å². The molecule has 0 aliphatic carbocycles. The van der Waals surface area contributed by atoms with Crippen molar-refractivity contribution in [1.82, 2.24) is 9.62 Å². The molecular weight excluding hydrogens is 290 g/mol. The van der Waals surface area contributed by atoms with Crippen LogP contribution in [-0.4, -0.2) is 38.3 Å². The fraction of sp³-hybridized carbons (Fsp3) is 0.364. The summed E-state index contributed by atoms with van der Waals surface area (Å²) in [6.07, 6.45) is 0.561. The Morgan fingerprint density at radius 3 is 2.84 bits per heavy atom. The van der Waals surface area contributed by atoms with Gasteiger partial charge in [-0.1, -0.05) is 11.6 Å². The van der Waals surface area contributed by atoms with Gasteiger partial charge in [-0.15, -0.1) is 0 Å². The first-order valence-electron chi connectivity index (χ1n) is 5.73. The molecular formula is C11H14ClN3O3S. The average Bonchev–Trinajstić information content (AvgIpc) is 2.57. The first kappa shape index (κ1) is 14.1. The van der Waals surface area contributed by atoms with Gasteiger partial charge in [0.2, 0.25) is 15.9 Å². The van der Waals surface area contributed by atoms with Crippen LogP contribution < -0.4 is 11.1 Å². The van der Waals surface area contributed by atoms with Crippen molar-refractivity contribution in [3.05, 3.63) is 23.2 Å². The van der Waals surface area contributed by atoms with E-state index in [2.05, 4.69) is 5.32 Å². The number of amides is 1. The Hall–Kier alpha value is -1.31. The molecule has 1 aromatic carbocycles. The minimum absolute atomic E-state index is 0.0605. The Bertz CT molecular complexity index is 603. The van der Waals surface area contributed by atoms with E-state index in [4.69, 9.17) is 17.3 Å². The van der Waals surface area contributed by atoms with E-state index in [9.17, 15) is 13.2 Å². The number of nitrogen functional groups attached to an aromatic ring is 1. The maximum Gasteiger partial charge on any atom is 0.245 e. The van der Waals surface area contributed by atoms with Gasteiger partial charge >= 0.3 is 0 Å². The zero-order valence-corrected chi connectivity index (χ0v) is 11.7. The van der Waals surface area contributed by atoms with E-state index in [-0.39, 0.29) is 34.6 Å². The number of nitrogens with zero attached hydrogens (tertiary/aromatic N) is 1. The molecule has 1 aromatic rings. The molecule has 8 heteroatoms. The van der Waals surface area contributed by atoms with Gasteiger partial charge in [0.05, 0.1) is 12.2 Å². The largest absolute Gasteiger partial charge is 0.398 e. The second-order valence-corrected chi connectivity index (χ2v) is 6.57. The van der Waals surface area contributed by atoms with Gasteiger partial charge in [-0.3, -0.25) is 4.79 Å². The van der Waals surface area contributed by atoms with Crippen LogP contribution in [-0.2, 0) is 14.8 Å². The monoisotopic (exact) mass is 303 g/mol. The normalized spacial score (nSPS) is 17.8. The zero-order chi connectivity index (χ0) is 14.0. The molecule has 0 atom stereocenters. The number of nitrogens with two attached hydrogens (primary N) is 1. The molecule has 1 heterocycles. The van der Waals surface area contributed by atoms with Crippen LogP contribution in [0.15, 0.2) is 23.1 Å². The molecule has 1 aliphatic heterocycles. The average molecular weight is 304 g/mol. The van der Waals surface area contributed by atoms with Crippen LogP contribution in [0.2, 0.25) is 5.02 Å². The molecule has 1 fully saturated rings. The Kier molecular flexibility index (Phi) is 3.98. The van der Waals surface area contributed by atoms with Gasteiger partial charge in [-0.2, -0.15) is 4.31 Å². The molecule has 104 valence electrons. The van der Waals surface area contributed by atoms with E-state index in [1.54, 1.807) is 0 Å². The van der Waals surface area contributed by atoms with Gasteiger partial charge in [0.1, 0.15) is 4.90 Å². The minimum atomic E-state index is -3.81. The van der Waals surface area contributed by atoms with Crippen molar-refractivity contribution in [3.8, 4) is 0 Å². The van der Waals surface area contributed by atoms with Crippen molar-refractivity contribution < 1.29 is 13.2 Å². The van der Waals surface area contributed by atoms with Crippen molar-refractivity contribution in [2.45, 2.75) is 11.3 Å². The van der Waals surface area contributed by atoms with E-state index in [0.717, 1.165) is 4.31 Å².